The minimum atomic E-state index is -5.20. The summed E-state index contributed by atoms with van der Waals surface area (Å²) in [5.41, 5.74) is -4.83. The van der Waals surface area contributed by atoms with Crippen LogP contribution < -0.4 is 4.74 Å². The zero-order valence-electron chi connectivity index (χ0n) is 26.5. The number of carboxylic acid groups (broad SMARTS) is 1. The lowest BCUT2D eigenvalue weighted by Crippen LogP contribution is -2.32. The molecule has 0 bridgehead atoms. The van der Waals surface area contributed by atoms with Crippen LogP contribution >= 0.6 is 0 Å². The number of rotatable bonds is 7. The number of cyclic esters (lactones) is 1. The number of methoxy groups -OCH3 is 1. The highest BCUT2D eigenvalue weighted by Gasteiger charge is 2.44. The first-order chi connectivity index (χ1) is 23.6. The third-order valence-electron chi connectivity index (χ3n) is 8.45. The van der Waals surface area contributed by atoms with Crippen molar-refractivity contribution in [2.45, 2.75) is 51.1 Å². The number of hydrogen-bond acceptors (Lipinski definition) is 4. The van der Waals surface area contributed by atoms with E-state index in [-0.39, 0.29) is 45.2 Å². The largest absolute Gasteiger partial charge is 0.496 e. The molecule has 270 valence electrons. The van der Waals surface area contributed by atoms with Gasteiger partial charge in [0.05, 0.1) is 42.0 Å². The molecule has 1 saturated heterocycles. The Hall–Kier alpha value is -5.28. The Morgan fingerprint density at radius 1 is 0.784 bits per heavy atom. The fourth-order valence-electron chi connectivity index (χ4n) is 5.89. The minimum absolute atomic E-state index is 0.00258. The smallest absolute Gasteiger partial charge is 0.416 e. The number of ether oxygens (including phenoxy) is 2. The molecule has 6 nitrogen and oxygen atoms in total. The summed E-state index contributed by atoms with van der Waals surface area (Å²) in [4.78, 5) is 25.4. The van der Waals surface area contributed by atoms with E-state index in [1.54, 1.807) is 0 Å². The second kappa shape index (κ2) is 13.1. The first-order valence-corrected chi connectivity index (χ1v) is 14.8. The number of carbonyl (C=O) groups excluding carboxylic acids is 1. The van der Waals surface area contributed by atoms with Crippen molar-refractivity contribution >= 4 is 12.1 Å². The molecule has 5 rings (SSSR count). The fraction of sp³-hybridized carbons (Fsp3) is 0.257. The number of alkyl halides is 9. The van der Waals surface area contributed by atoms with E-state index in [4.69, 9.17) is 9.47 Å². The van der Waals surface area contributed by atoms with Crippen LogP contribution in [0.1, 0.15) is 56.8 Å². The van der Waals surface area contributed by atoms with Gasteiger partial charge >= 0.3 is 30.6 Å². The molecule has 1 N–H and O–H groups in total. The molecular weight excluding hydrogens is 704 g/mol. The summed E-state index contributed by atoms with van der Waals surface area (Å²) in [6.45, 7) is 2.09. The van der Waals surface area contributed by atoms with Gasteiger partial charge in [0.1, 0.15) is 17.7 Å². The van der Waals surface area contributed by atoms with Crippen LogP contribution in [-0.4, -0.2) is 35.2 Å². The lowest BCUT2D eigenvalue weighted by Gasteiger charge is -2.24. The summed E-state index contributed by atoms with van der Waals surface area (Å²) in [6, 6.07) is 8.00. The Bertz CT molecular complexity index is 1990. The van der Waals surface area contributed by atoms with Crippen molar-refractivity contribution in [3.63, 3.8) is 0 Å². The topological polar surface area (TPSA) is 76.1 Å². The summed E-state index contributed by atoms with van der Waals surface area (Å²) in [7, 11) is 1.17. The number of amides is 1. The van der Waals surface area contributed by atoms with Gasteiger partial charge in [-0.25, -0.2) is 14.0 Å². The van der Waals surface area contributed by atoms with E-state index < -0.39 is 77.4 Å². The van der Waals surface area contributed by atoms with Gasteiger partial charge in [-0.2, -0.15) is 39.5 Å². The van der Waals surface area contributed by atoms with Gasteiger partial charge in [-0.3, -0.25) is 4.90 Å². The predicted molar refractivity (Wildman–Crippen MR) is 161 cm³/mol. The molecule has 16 heteroatoms. The monoisotopic (exact) mass is 729 g/mol. The first-order valence-electron chi connectivity index (χ1n) is 14.8. The van der Waals surface area contributed by atoms with Gasteiger partial charge < -0.3 is 14.6 Å². The Morgan fingerprint density at radius 2 is 1.37 bits per heavy atom. The van der Waals surface area contributed by atoms with Gasteiger partial charge in [0, 0.05) is 17.2 Å². The average molecular weight is 730 g/mol. The summed E-state index contributed by atoms with van der Waals surface area (Å²) in [6.07, 6.45) is -18.2. The molecule has 51 heavy (non-hydrogen) atoms. The zero-order chi connectivity index (χ0) is 37.8. The van der Waals surface area contributed by atoms with Crippen molar-refractivity contribution < 1.29 is 68.1 Å². The van der Waals surface area contributed by atoms with Crippen LogP contribution in [0.2, 0.25) is 0 Å². The molecule has 1 aliphatic heterocycles. The number of hydrogen-bond donors (Lipinski definition) is 1. The van der Waals surface area contributed by atoms with Crippen LogP contribution in [0.4, 0.5) is 48.7 Å². The highest BCUT2D eigenvalue weighted by Crippen LogP contribution is 2.44. The van der Waals surface area contributed by atoms with Crippen LogP contribution in [0.15, 0.2) is 66.7 Å². The maximum atomic E-state index is 15.5. The zero-order valence-corrected chi connectivity index (χ0v) is 26.5. The van der Waals surface area contributed by atoms with E-state index >= 15 is 4.39 Å². The number of benzene rings is 4. The van der Waals surface area contributed by atoms with E-state index in [9.17, 15) is 54.2 Å². The van der Waals surface area contributed by atoms with Gasteiger partial charge in [0.25, 0.3) is 0 Å². The molecule has 1 aliphatic rings. The molecule has 0 spiro atoms. The molecule has 2 atom stereocenters. The highest BCUT2D eigenvalue weighted by molar-refractivity contribution is 5.89. The number of aryl methyl sites for hydroxylation is 1. The molecular formula is C35H25F10NO5. The summed E-state index contributed by atoms with van der Waals surface area (Å²) in [5.74, 6) is -2.20. The van der Waals surface area contributed by atoms with Gasteiger partial charge in [0.15, 0.2) is 0 Å². The lowest BCUT2D eigenvalue weighted by molar-refractivity contribution is -0.143. The standard InChI is InChI=1S/C35H25F10NO5/c1-16-8-18(31(47)48)4-6-24(16)26-13-27(29(50-3)14-28(26)36)25-7-5-21(33(37,38)39)11-20(25)15-46-17(2)30(51-32(46)49)19-9-22(34(40,41)42)12-23(10-19)35(43,44)45/h4-14,17,30H,15H2,1-3H3,(H,47,48)/t17-,30-/m0/s1. The normalized spacial score (nSPS) is 16.7. The van der Waals surface area contributed by atoms with Crippen molar-refractivity contribution in [3.8, 4) is 28.0 Å². The quantitative estimate of drug-likeness (QED) is 0.192. The van der Waals surface area contributed by atoms with Crippen molar-refractivity contribution in [2.24, 2.45) is 0 Å². The fourth-order valence-corrected chi connectivity index (χ4v) is 5.89. The molecule has 1 heterocycles. The van der Waals surface area contributed by atoms with Gasteiger partial charge in [-0.15, -0.1) is 0 Å². The van der Waals surface area contributed by atoms with Gasteiger partial charge in [-0.05, 0) is 90.2 Å². The molecule has 1 amide bonds. The van der Waals surface area contributed by atoms with E-state index in [2.05, 4.69) is 0 Å². The molecule has 0 unspecified atom stereocenters. The Kier molecular flexibility index (Phi) is 9.51. The second-order valence-electron chi connectivity index (χ2n) is 11.7. The summed E-state index contributed by atoms with van der Waals surface area (Å²) < 4.78 is 149. The molecule has 0 aromatic heterocycles. The average Bonchev–Trinajstić information content (AvgIpc) is 3.31. The number of carbonyl (C=O) groups is 2. The lowest BCUT2D eigenvalue weighted by atomic mass is 9.91. The molecule has 0 saturated carbocycles. The van der Waals surface area contributed by atoms with Crippen molar-refractivity contribution in [3.05, 3.63) is 111 Å². The molecule has 1 fully saturated rings. The summed E-state index contributed by atoms with van der Waals surface area (Å²) in [5, 5.41) is 9.32. The molecule has 4 aromatic rings. The minimum Gasteiger partial charge on any atom is -0.496 e. The van der Waals surface area contributed by atoms with Gasteiger partial charge in [-0.1, -0.05) is 12.1 Å². The number of carboxylic acids is 1. The van der Waals surface area contributed by atoms with E-state index in [1.807, 2.05) is 0 Å². The van der Waals surface area contributed by atoms with Crippen molar-refractivity contribution in [2.75, 3.05) is 7.11 Å². The molecule has 0 aliphatic carbocycles. The van der Waals surface area contributed by atoms with E-state index in [0.717, 1.165) is 23.1 Å². The number of halogens is 10. The maximum absolute atomic E-state index is 15.5. The molecule has 0 radical (unpaired) electrons. The third kappa shape index (κ3) is 7.44. The number of aromatic carboxylic acids is 1. The molecule has 4 aromatic carbocycles. The van der Waals surface area contributed by atoms with Crippen LogP contribution in [0, 0.1) is 12.7 Å². The van der Waals surface area contributed by atoms with Crippen LogP contribution in [0.25, 0.3) is 22.3 Å². The van der Waals surface area contributed by atoms with Gasteiger partial charge in [0.2, 0.25) is 0 Å². The van der Waals surface area contributed by atoms with E-state index in [0.29, 0.717) is 23.8 Å². The van der Waals surface area contributed by atoms with Crippen LogP contribution in [0.3, 0.4) is 0 Å². The SMILES string of the molecule is COc1cc(F)c(-c2ccc(C(=O)O)cc2C)cc1-c1ccc(C(F)(F)F)cc1CN1C(=O)O[C@H](c2cc(C(F)(F)F)cc(C(F)(F)F)c2)[C@@H]1C. The Labute approximate surface area is 282 Å². The van der Waals surface area contributed by atoms with E-state index in [1.165, 1.54) is 45.2 Å². The van der Waals surface area contributed by atoms with Crippen molar-refractivity contribution in [1.29, 1.82) is 0 Å². The predicted octanol–water partition coefficient (Wildman–Crippen LogP) is 10.3. The highest BCUT2D eigenvalue weighted by atomic mass is 19.4. The first kappa shape index (κ1) is 37.0. The maximum Gasteiger partial charge on any atom is 0.416 e. The Morgan fingerprint density at radius 3 is 1.90 bits per heavy atom. The number of nitrogens with zero attached hydrogens (tertiary/aromatic N) is 1. The third-order valence-corrected chi connectivity index (χ3v) is 8.45. The second-order valence-corrected chi connectivity index (χ2v) is 11.7. The van der Waals surface area contributed by atoms with Crippen molar-refractivity contribution in [1.82, 2.24) is 4.90 Å². The Balaban J connectivity index is 1.62. The van der Waals surface area contributed by atoms with Crippen LogP contribution in [-0.2, 0) is 29.8 Å². The summed E-state index contributed by atoms with van der Waals surface area (Å²) >= 11 is 0. The van der Waals surface area contributed by atoms with Crippen LogP contribution in [0.5, 0.6) is 5.75 Å².